The van der Waals surface area contributed by atoms with E-state index < -0.39 is 0 Å². The van der Waals surface area contributed by atoms with Crippen LogP contribution < -0.4 is 10.1 Å². The molecule has 0 heterocycles. The first-order chi connectivity index (χ1) is 12.6. The minimum atomic E-state index is -0.390. The van der Waals surface area contributed by atoms with Crippen molar-refractivity contribution < 1.29 is 19.1 Å². The average Bonchev–Trinajstić information content (AvgIpc) is 2.67. The lowest BCUT2D eigenvalue weighted by molar-refractivity contribution is -0.111. The molecule has 0 aliphatic heterocycles. The minimum Gasteiger partial charge on any atom is -0.496 e. The third-order valence-corrected chi connectivity index (χ3v) is 3.65. The summed E-state index contributed by atoms with van der Waals surface area (Å²) in [4.78, 5) is 24.1. The molecule has 0 aliphatic rings. The molecule has 2 rings (SSSR count). The molecule has 26 heavy (non-hydrogen) atoms. The summed E-state index contributed by atoms with van der Waals surface area (Å²) in [5.74, 6) is -0.000100. The number of anilines is 1. The maximum atomic E-state index is 12.1. The Labute approximate surface area is 153 Å². The van der Waals surface area contributed by atoms with Crippen LogP contribution in [0.25, 0.3) is 6.08 Å². The zero-order chi connectivity index (χ0) is 18.8. The predicted octanol–water partition coefficient (Wildman–Crippen LogP) is 4.30. The number of unbranched alkanes of at least 4 members (excludes halogenated alkanes) is 1. The van der Waals surface area contributed by atoms with Crippen molar-refractivity contribution in [1.82, 2.24) is 0 Å². The van der Waals surface area contributed by atoms with Crippen molar-refractivity contribution >= 4 is 23.6 Å². The Balaban J connectivity index is 1.99. The molecule has 0 aliphatic carbocycles. The van der Waals surface area contributed by atoms with Crippen LogP contribution >= 0.6 is 0 Å². The number of rotatable bonds is 8. The summed E-state index contributed by atoms with van der Waals surface area (Å²) in [7, 11) is 1.58. The first-order valence-electron chi connectivity index (χ1n) is 8.53. The second-order valence-corrected chi connectivity index (χ2v) is 5.63. The van der Waals surface area contributed by atoms with Crippen LogP contribution in [-0.2, 0) is 9.53 Å². The molecule has 0 saturated carbocycles. The normalized spacial score (nSPS) is 10.5. The molecule has 2 aromatic carbocycles. The van der Waals surface area contributed by atoms with E-state index in [-0.39, 0.29) is 11.9 Å². The summed E-state index contributed by atoms with van der Waals surface area (Å²) in [5.41, 5.74) is 1.75. The van der Waals surface area contributed by atoms with Gasteiger partial charge in [-0.05, 0) is 36.8 Å². The molecule has 5 nitrogen and oxygen atoms in total. The number of carbonyl (C=O) groups excluding carboxylic acids is 2. The average molecular weight is 353 g/mol. The predicted molar refractivity (Wildman–Crippen MR) is 102 cm³/mol. The SMILES string of the molecule is CCCCOC(=O)c1cccc(NC(=O)/C=C/c2ccccc2OC)c1. The zero-order valence-corrected chi connectivity index (χ0v) is 15.0. The molecule has 136 valence electrons. The molecule has 0 bridgehead atoms. The van der Waals surface area contributed by atoms with E-state index in [2.05, 4.69) is 5.32 Å². The van der Waals surface area contributed by atoms with Gasteiger partial charge in [-0.15, -0.1) is 0 Å². The van der Waals surface area contributed by atoms with Gasteiger partial charge in [0, 0.05) is 17.3 Å². The van der Waals surface area contributed by atoms with E-state index in [1.165, 1.54) is 6.08 Å². The number of benzene rings is 2. The highest BCUT2D eigenvalue weighted by molar-refractivity contribution is 6.02. The van der Waals surface area contributed by atoms with Crippen molar-refractivity contribution in [3.63, 3.8) is 0 Å². The van der Waals surface area contributed by atoms with E-state index in [0.29, 0.717) is 23.6 Å². The summed E-state index contributed by atoms with van der Waals surface area (Å²) in [6, 6.07) is 14.1. The molecule has 0 saturated heterocycles. The molecule has 0 radical (unpaired) electrons. The van der Waals surface area contributed by atoms with Crippen LogP contribution in [-0.4, -0.2) is 25.6 Å². The monoisotopic (exact) mass is 353 g/mol. The molecule has 0 fully saturated rings. The Bertz CT molecular complexity index is 783. The highest BCUT2D eigenvalue weighted by Crippen LogP contribution is 2.19. The molecule has 0 atom stereocenters. The van der Waals surface area contributed by atoms with Crippen LogP contribution in [0.4, 0.5) is 5.69 Å². The summed E-state index contributed by atoms with van der Waals surface area (Å²) in [5, 5.41) is 2.74. The van der Waals surface area contributed by atoms with Crippen molar-refractivity contribution in [2.24, 2.45) is 0 Å². The van der Waals surface area contributed by atoms with Gasteiger partial charge in [0.2, 0.25) is 5.91 Å². The van der Waals surface area contributed by atoms with E-state index in [1.54, 1.807) is 37.5 Å². The fraction of sp³-hybridized carbons (Fsp3) is 0.238. The summed E-state index contributed by atoms with van der Waals surface area (Å²) in [6.07, 6.45) is 4.89. The van der Waals surface area contributed by atoms with Crippen LogP contribution in [0.3, 0.4) is 0 Å². The van der Waals surface area contributed by atoms with Gasteiger partial charge in [0.25, 0.3) is 0 Å². The van der Waals surface area contributed by atoms with E-state index >= 15 is 0 Å². The summed E-state index contributed by atoms with van der Waals surface area (Å²) >= 11 is 0. The molecule has 1 N–H and O–H groups in total. The second kappa shape index (κ2) is 10.0. The first-order valence-corrected chi connectivity index (χ1v) is 8.53. The van der Waals surface area contributed by atoms with E-state index in [4.69, 9.17) is 9.47 Å². The maximum absolute atomic E-state index is 12.1. The fourth-order valence-electron chi connectivity index (χ4n) is 2.27. The largest absolute Gasteiger partial charge is 0.496 e. The van der Waals surface area contributed by atoms with Crippen molar-refractivity contribution in [1.29, 1.82) is 0 Å². The van der Waals surface area contributed by atoms with Gasteiger partial charge in [-0.2, -0.15) is 0 Å². The minimum absolute atomic E-state index is 0.299. The highest BCUT2D eigenvalue weighted by atomic mass is 16.5. The second-order valence-electron chi connectivity index (χ2n) is 5.63. The lowest BCUT2D eigenvalue weighted by atomic mass is 10.2. The van der Waals surface area contributed by atoms with Gasteiger partial charge in [0.15, 0.2) is 0 Å². The Morgan fingerprint density at radius 1 is 1.12 bits per heavy atom. The highest BCUT2D eigenvalue weighted by Gasteiger charge is 2.08. The zero-order valence-electron chi connectivity index (χ0n) is 15.0. The molecule has 0 aromatic heterocycles. The van der Waals surface area contributed by atoms with Crippen molar-refractivity contribution in [2.75, 3.05) is 19.0 Å². The number of nitrogens with one attached hydrogen (secondary N) is 1. The van der Waals surface area contributed by atoms with Crippen LogP contribution in [0.2, 0.25) is 0 Å². The smallest absolute Gasteiger partial charge is 0.338 e. The molecule has 0 spiro atoms. The fourth-order valence-corrected chi connectivity index (χ4v) is 2.27. The van der Waals surface area contributed by atoms with Gasteiger partial charge in [-0.25, -0.2) is 4.79 Å². The van der Waals surface area contributed by atoms with Crippen molar-refractivity contribution in [3.05, 3.63) is 65.7 Å². The van der Waals surface area contributed by atoms with E-state index in [0.717, 1.165) is 18.4 Å². The van der Waals surface area contributed by atoms with Gasteiger partial charge in [0.1, 0.15) is 5.75 Å². The van der Waals surface area contributed by atoms with Gasteiger partial charge in [-0.1, -0.05) is 37.6 Å². The van der Waals surface area contributed by atoms with Crippen LogP contribution in [0.15, 0.2) is 54.6 Å². The molecule has 1 amide bonds. The molecule has 0 unspecified atom stereocenters. The van der Waals surface area contributed by atoms with Crippen LogP contribution in [0, 0.1) is 0 Å². The molecule has 5 heteroatoms. The van der Waals surface area contributed by atoms with E-state index in [1.807, 2.05) is 31.2 Å². The Kier molecular flexibility index (Phi) is 7.43. The summed E-state index contributed by atoms with van der Waals surface area (Å²) in [6.45, 7) is 2.43. The Hall–Kier alpha value is -3.08. The number of ether oxygens (including phenoxy) is 2. The number of methoxy groups -OCH3 is 1. The first kappa shape index (κ1) is 19.2. The summed E-state index contributed by atoms with van der Waals surface area (Å²) < 4.78 is 10.4. The number of hydrogen-bond acceptors (Lipinski definition) is 4. The number of carbonyl (C=O) groups is 2. The van der Waals surface area contributed by atoms with Gasteiger partial charge in [-0.3, -0.25) is 4.79 Å². The number of para-hydroxylation sites is 1. The van der Waals surface area contributed by atoms with Crippen molar-refractivity contribution in [3.8, 4) is 5.75 Å². The van der Waals surface area contributed by atoms with Gasteiger partial charge >= 0.3 is 5.97 Å². The quantitative estimate of drug-likeness (QED) is 0.436. The Morgan fingerprint density at radius 2 is 1.92 bits per heavy atom. The van der Waals surface area contributed by atoms with Crippen LogP contribution in [0.1, 0.15) is 35.7 Å². The Morgan fingerprint density at radius 3 is 2.69 bits per heavy atom. The number of amides is 1. The van der Waals surface area contributed by atoms with Gasteiger partial charge < -0.3 is 14.8 Å². The third kappa shape index (κ3) is 5.77. The van der Waals surface area contributed by atoms with Crippen molar-refractivity contribution in [2.45, 2.75) is 19.8 Å². The third-order valence-electron chi connectivity index (χ3n) is 3.65. The number of hydrogen-bond donors (Lipinski definition) is 1. The lowest BCUT2D eigenvalue weighted by Gasteiger charge is -2.07. The molecule has 2 aromatic rings. The van der Waals surface area contributed by atoms with Gasteiger partial charge in [0.05, 0.1) is 19.3 Å². The van der Waals surface area contributed by atoms with Crippen LogP contribution in [0.5, 0.6) is 5.75 Å². The van der Waals surface area contributed by atoms with E-state index in [9.17, 15) is 9.59 Å². The standard InChI is InChI=1S/C21H23NO4/c1-3-4-14-26-21(24)17-9-7-10-18(15-17)22-20(23)13-12-16-8-5-6-11-19(16)25-2/h5-13,15H,3-4,14H2,1-2H3,(H,22,23)/b13-12+. The molecular formula is C21H23NO4. The maximum Gasteiger partial charge on any atom is 0.338 e. The molecular weight excluding hydrogens is 330 g/mol. The number of esters is 1. The lowest BCUT2D eigenvalue weighted by Crippen LogP contribution is -2.10. The topological polar surface area (TPSA) is 64.6 Å².